The van der Waals surface area contributed by atoms with Crippen LogP contribution < -0.4 is 0 Å². The van der Waals surface area contributed by atoms with Gasteiger partial charge < -0.3 is 15.1 Å². The Balaban J connectivity index is 2.10. The van der Waals surface area contributed by atoms with E-state index in [-0.39, 0.29) is 25.1 Å². The number of carboxylic acids is 1. The highest BCUT2D eigenvalue weighted by Crippen LogP contribution is 2.48. The molecule has 2 aliphatic rings. The molecule has 0 aromatic rings. The summed E-state index contributed by atoms with van der Waals surface area (Å²) in [5.41, 5.74) is -1.17. The van der Waals surface area contributed by atoms with E-state index in [0.717, 1.165) is 25.7 Å². The summed E-state index contributed by atoms with van der Waals surface area (Å²) in [5, 5.41) is 18.2. The summed E-state index contributed by atoms with van der Waals surface area (Å²) in [4.78, 5) is 25.0. The van der Waals surface area contributed by atoms with E-state index >= 15 is 0 Å². The first-order chi connectivity index (χ1) is 8.12. The van der Waals surface area contributed by atoms with Crippen LogP contribution in [0.15, 0.2) is 0 Å². The second kappa shape index (κ2) is 4.64. The van der Waals surface area contributed by atoms with Crippen molar-refractivity contribution in [3.63, 3.8) is 0 Å². The molecule has 0 aliphatic heterocycles. The predicted molar refractivity (Wildman–Crippen MR) is 60.4 cm³/mol. The Morgan fingerprint density at radius 1 is 1.24 bits per heavy atom. The topological polar surface area (TPSA) is 77.8 Å². The number of rotatable bonds is 5. The van der Waals surface area contributed by atoms with Gasteiger partial charge >= 0.3 is 5.97 Å². The molecule has 5 nitrogen and oxygen atoms in total. The van der Waals surface area contributed by atoms with Crippen molar-refractivity contribution >= 4 is 11.9 Å². The van der Waals surface area contributed by atoms with Crippen LogP contribution in [0, 0.1) is 5.41 Å². The van der Waals surface area contributed by atoms with E-state index in [9.17, 15) is 9.59 Å². The molecule has 0 aromatic heterocycles. The van der Waals surface area contributed by atoms with E-state index in [4.69, 9.17) is 10.2 Å². The highest BCUT2D eigenvalue weighted by atomic mass is 16.4. The molecule has 0 atom stereocenters. The number of carbonyl (C=O) groups excluding carboxylic acids is 1. The largest absolute Gasteiger partial charge is 0.480 e. The number of carbonyl (C=O) groups is 2. The van der Waals surface area contributed by atoms with E-state index in [0.29, 0.717) is 12.8 Å². The predicted octanol–water partition coefficient (Wildman–Crippen LogP) is 0.615. The van der Waals surface area contributed by atoms with Crippen LogP contribution in [0.1, 0.15) is 38.5 Å². The van der Waals surface area contributed by atoms with Crippen LogP contribution >= 0.6 is 0 Å². The average Bonchev–Trinajstić information content (AvgIpc) is 2.95. The molecule has 2 fully saturated rings. The van der Waals surface area contributed by atoms with Gasteiger partial charge in [0.2, 0.25) is 5.91 Å². The number of aliphatic hydroxyl groups is 1. The molecule has 2 saturated carbocycles. The highest BCUT2D eigenvalue weighted by Gasteiger charge is 2.59. The summed E-state index contributed by atoms with van der Waals surface area (Å²) < 4.78 is 0. The summed E-state index contributed by atoms with van der Waals surface area (Å²) in [6.45, 7) is 0.163. The molecule has 0 unspecified atom stereocenters. The van der Waals surface area contributed by atoms with E-state index in [2.05, 4.69) is 0 Å². The minimum Gasteiger partial charge on any atom is -0.480 e. The number of carboxylic acid groups (broad SMARTS) is 1. The highest BCUT2D eigenvalue weighted by molar-refractivity contribution is 6.04. The van der Waals surface area contributed by atoms with Crippen molar-refractivity contribution in [2.45, 2.75) is 44.6 Å². The van der Waals surface area contributed by atoms with Crippen LogP contribution in [-0.4, -0.2) is 46.2 Å². The molecule has 0 heterocycles. The van der Waals surface area contributed by atoms with Crippen LogP contribution in [0.4, 0.5) is 0 Å². The lowest BCUT2D eigenvalue weighted by atomic mass is 10.0. The lowest BCUT2D eigenvalue weighted by Gasteiger charge is -2.30. The van der Waals surface area contributed by atoms with Crippen molar-refractivity contribution in [3.8, 4) is 0 Å². The standard InChI is InChI=1S/C12H19NO4/c14-8-7-13(9-3-1-2-4-9)10(15)12(5-6-12)11(16)17/h9,14H,1-8H2,(H,16,17). The molecule has 0 saturated heterocycles. The van der Waals surface area contributed by atoms with E-state index in [1.54, 1.807) is 4.90 Å². The summed E-state index contributed by atoms with van der Waals surface area (Å²) in [6, 6.07) is 0.131. The lowest BCUT2D eigenvalue weighted by Crippen LogP contribution is -2.47. The summed E-state index contributed by atoms with van der Waals surface area (Å²) >= 11 is 0. The summed E-state index contributed by atoms with van der Waals surface area (Å²) in [5.74, 6) is -1.30. The van der Waals surface area contributed by atoms with Gasteiger partial charge in [-0.3, -0.25) is 9.59 Å². The SMILES string of the molecule is O=C(O)C1(C(=O)N(CCO)C2CCCC2)CC1. The zero-order chi connectivity index (χ0) is 12.5. The minimum atomic E-state index is -1.17. The van der Waals surface area contributed by atoms with Gasteiger partial charge in [0.05, 0.1) is 6.61 Å². The quantitative estimate of drug-likeness (QED) is 0.691. The Labute approximate surface area is 100 Å². The zero-order valence-corrected chi connectivity index (χ0v) is 9.89. The van der Waals surface area contributed by atoms with Crippen molar-refractivity contribution in [2.75, 3.05) is 13.2 Å². The van der Waals surface area contributed by atoms with Crippen molar-refractivity contribution in [1.82, 2.24) is 4.90 Å². The first-order valence-electron chi connectivity index (χ1n) is 6.27. The van der Waals surface area contributed by atoms with Crippen molar-refractivity contribution in [2.24, 2.45) is 5.41 Å². The molecular weight excluding hydrogens is 222 g/mol. The van der Waals surface area contributed by atoms with Crippen LogP contribution in [-0.2, 0) is 9.59 Å². The van der Waals surface area contributed by atoms with E-state index in [1.807, 2.05) is 0 Å². The van der Waals surface area contributed by atoms with Gasteiger partial charge in [0.25, 0.3) is 0 Å². The fourth-order valence-corrected chi connectivity index (χ4v) is 2.69. The molecule has 0 bridgehead atoms. The van der Waals surface area contributed by atoms with Gasteiger partial charge in [-0.25, -0.2) is 0 Å². The average molecular weight is 241 g/mol. The maximum absolute atomic E-state index is 12.3. The lowest BCUT2D eigenvalue weighted by molar-refractivity contribution is -0.154. The third-order valence-corrected chi connectivity index (χ3v) is 3.94. The van der Waals surface area contributed by atoms with Gasteiger partial charge in [-0.15, -0.1) is 0 Å². The van der Waals surface area contributed by atoms with Gasteiger partial charge in [0.15, 0.2) is 0 Å². The molecule has 0 aromatic carbocycles. The van der Waals surface area contributed by atoms with Crippen molar-refractivity contribution in [1.29, 1.82) is 0 Å². The molecule has 1 amide bonds. The Morgan fingerprint density at radius 2 is 1.82 bits per heavy atom. The Morgan fingerprint density at radius 3 is 2.24 bits per heavy atom. The van der Waals surface area contributed by atoms with Gasteiger partial charge in [0, 0.05) is 12.6 Å². The number of hydrogen-bond acceptors (Lipinski definition) is 3. The van der Waals surface area contributed by atoms with E-state index in [1.165, 1.54) is 0 Å². The second-order valence-corrected chi connectivity index (χ2v) is 5.05. The summed E-state index contributed by atoms with van der Waals surface area (Å²) in [7, 11) is 0. The van der Waals surface area contributed by atoms with Gasteiger partial charge in [0.1, 0.15) is 5.41 Å². The Hall–Kier alpha value is -1.10. The molecule has 5 heteroatoms. The number of aliphatic hydroxyl groups excluding tert-OH is 1. The molecule has 96 valence electrons. The molecule has 17 heavy (non-hydrogen) atoms. The van der Waals surface area contributed by atoms with Crippen LogP contribution in [0.5, 0.6) is 0 Å². The second-order valence-electron chi connectivity index (χ2n) is 5.05. The van der Waals surface area contributed by atoms with Crippen molar-refractivity contribution < 1.29 is 19.8 Å². The molecule has 2 rings (SSSR count). The zero-order valence-electron chi connectivity index (χ0n) is 9.89. The Bertz CT molecular complexity index is 318. The number of hydrogen-bond donors (Lipinski definition) is 2. The van der Waals surface area contributed by atoms with E-state index < -0.39 is 11.4 Å². The maximum Gasteiger partial charge on any atom is 0.319 e. The van der Waals surface area contributed by atoms with Crippen LogP contribution in [0.3, 0.4) is 0 Å². The van der Waals surface area contributed by atoms with Crippen molar-refractivity contribution in [3.05, 3.63) is 0 Å². The minimum absolute atomic E-state index is 0.0993. The van der Waals surface area contributed by atoms with Crippen LogP contribution in [0.25, 0.3) is 0 Å². The maximum atomic E-state index is 12.3. The Kier molecular flexibility index (Phi) is 3.38. The number of aliphatic carboxylic acids is 1. The summed E-state index contributed by atoms with van der Waals surface area (Å²) in [6.07, 6.45) is 4.91. The monoisotopic (exact) mass is 241 g/mol. The smallest absolute Gasteiger partial charge is 0.319 e. The molecule has 0 spiro atoms. The fourth-order valence-electron chi connectivity index (χ4n) is 2.69. The number of nitrogens with zero attached hydrogens (tertiary/aromatic N) is 1. The molecule has 2 aliphatic carbocycles. The normalized spacial score (nSPS) is 22.4. The van der Waals surface area contributed by atoms with Gasteiger partial charge in [-0.2, -0.15) is 0 Å². The first kappa shape index (κ1) is 12.4. The molecule has 2 N–H and O–H groups in total. The van der Waals surface area contributed by atoms with Gasteiger partial charge in [-0.05, 0) is 25.7 Å². The number of amides is 1. The van der Waals surface area contributed by atoms with Crippen LogP contribution in [0.2, 0.25) is 0 Å². The van der Waals surface area contributed by atoms with Gasteiger partial charge in [-0.1, -0.05) is 12.8 Å². The molecular formula is C12H19NO4. The third kappa shape index (κ3) is 2.16. The first-order valence-corrected chi connectivity index (χ1v) is 6.27. The third-order valence-electron chi connectivity index (χ3n) is 3.94. The molecule has 0 radical (unpaired) electrons. The fraction of sp³-hybridized carbons (Fsp3) is 0.833.